The molecule has 2 aliphatic heterocycles. The van der Waals surface area contributed by atoms with E-state index >= 15 is 0 Å². The lowest BCUT2D eigenvalue weighted by atomic mass is 9.88. The highest BCUT2D eigenvalue weighted by Gasteiger charge is 2.27. The highest BCUT2D eigenvalue weighted by atomic mass is 16.5. The molecule has 0 saturated carbocycles. The van der Waals surface area contributed by atoms with E-state index in [1.54, 1.807) is 6.07 Å². The number of alkyl carbamates (subject to hydrolysis) is 1. The number of anilines is 1. The van der Waals surface area contributed by atoms with Crippen molar-refractivity contribution in [2.24, 2.45) is 0 Å². The number of rotatable bonds is 6. The van der Waals surface area contributed by atoms with Gasteiger partial charge in [-0.3, -0.25) is 0 Å². The Hall–Kier alpha value is -3.28. The second-order valence-corrected chi connectivity index (χ2v) is 8.62. The molecule has 32 heavy (non-hydrogen) atoms. The molecule has 2 aromatic carbocycles. The van der Waals surface area contributed by atoms with Crippen molar-refractivity contribution in [1.82, 2.24) is 5.32 Å². The minimum atomic E-state index is -0.426. The van der Waals surface area contributed by atoms with E-state index in [9.17, 15) is 9.59 Å². The number of hydrogen-bond acceptors (Lipinski definition) is 5. The quantitative estimate of drug-likeness (QED) is 0.463. The molecule has 0 radical (unpaired) electrons. The Morgan fingerprint density at radius 2 is 1.91 bits per heavy atom. The van der Waals surface area contributed by atoms with Gasteiger partial charge >= 0.3 is 11.7 Å². The van der Waals surface area contributed by atoms with Gasteiger partial charge in [0.1, 0.15) is 12.2 Å². The zero-order valence-corrected chi connectivity index (χ0v) is 18.2. The Bertz CT molecular complexity index is 1180. The predicted octanol–water partition coefficient (Wildman–Crippen LogP) is 4.35. The minimum absolute atomic E-state index is 0.252. The van der Waals surface area contributed by atoms with Crippen LogP contribution in [0.25, 0.3) is 11.0 Å². The van der Waals surface area contributed by atoms with Crippen molar-refractivity contribution in [3.8, 4) is 0 Å². The van der Waals surface area contributed by atoms with Gasteiger partial charge in [-0.25, -0.2) is 9.59 Å². The van der Waals surface area contributed by atoms with E-state index < -0.39 is 6.09 Å². The molecular weight excluding hydrogens is 404 g/mol. The third-order valence-electron chi connectivity index (χ3n) is 6.42. The van der Waals surface area contributed by atoms with Crippen molar-refractivity contribution in [2.75, 3.05) is 24.5 Å². The van der Waals surface area contributed by atoms with Gasteiger partial charge in [0.2, 0.25) is 0 Å². The Kier molecular flexibility index (Phi) is 5.84. The Morgan fingerprint density at radius 1 is 1.09 bits per heavy atom. The van der Waals surface area contributed by atoms with Gasteiger partial charge in [-0.2, -0.15) is 0 Å². The third kappa shape index (κ3) is 4.22. The second-order valence-electron chi connectivity index (χ2n) is 8.62. The predicted molar refractivity (Wildman–Crippen MR) is 124 cm³/mol. The standard InChI is InChI=1S/C26H28N2O4/c29-23-16-19(9-4-12-27-26(30)31-17-18-7-2-1-3-8-18)22-15-20-10-5-13-28-14-6-11-21(24(20)28)25(22)32-23/h1-3,7-8,15-16H,4-6,9-14,17H2,(H,27,30). The molecule has 6 heteroatoms. The topological polar surface area (TPSA) is 71.8 Å². The number of ether oxygens (including phenoxy) is 1. The fourth-order valence-electron chi connectivity index (χ4n) is 4.99. The van der Waals surface area contributed by atoms with Crippen molar-refractivity contribution in [1.29, 1.82) is 0 Å². The fourth-order valence-corrected chi connectivity index (χ4v) is 4.99. The molecule has 0 spiro atoms. The number of nitrogens with zero attached hydrogens (tertiary/aromatic N) is 1. The van der Waals surface area contributed by atoms with Crippen LogP contribution >= 0.6 is 0 Å². The zero-order valence-electron chi connectivity index (χ0n) is 18.2. The molecule has 2 aliphatic rings. The lowest BCUT2D eigenvalue weighted by Gasteiger charge is -2.37. The van der Waals surface area contributed by atoms with Crippen LogP contribution in [0.3, 0.4) is 0 Å². The smallest absolute Gasteiger partial charge is 0.407 e. The van der Waals surface area contributed by atoms with E-state index in [0.717, 1.165) is 60.9 Å². The first-order valence-electron chi connectivity index (χ1n) is 11.5. The molecule has 0 atom stereocenters. The first-order valence-corrected chi connectivity index (χ1v) is 11.5. The summed E-state index contributed by atoms with van der Waals surface area (Å²) in [6.45, 7) is 2.91. The van der Waals surface area contributed by atoms with Gasteiger partial charge < -0.3 is 19.4 Å². The summed E-state index contributed by atoms with van der Waals surface area (Å²) in [7, 11) is 0. The number of fused-ring (bicyclic) bond motifs is 2. The summed E-state index contributed by atoms with van der Waals surface area (Å²) in [6, 6.07) is 13.4. The molecule has 3 aromatic rings. The van der Waals surface area contributed by atoms with Crippen LogP contribution in [0.15, 0.2) is 51.7 Å². The van der Waals surface area contributed by atoms with Gasteiger partial charge in [-0.15, -0.1) is 0 Å². The minimum Gasteiger partial charge on any atom is -0.445 e. The van der Waals surface area contributed by atoms with Gasteiger partial charge in [-0.05, 0) is 61.3 Å². The molecule has 1 N–H and O–H groups in total. The fraction of sp³-hybridized carbons (Fsp3) is 0.385. The van der Waals surface area contributed by atoms with Crippen LogP contribution < -0.4 is 15.8 Å². The summed E-state index contributed by atoms with van der Waals surface area (Å²) in [5.74, 6) is 0. The molecule has 0 saturated heterocycles. The normalized spacial score (nSPS) is 14.8. The Morgan fingerprint density at radius 3 is 2.75 bits per heavy atom. The lowest BCUT2D eigenvalue weighted by molar-refractivity contribution is 0.139. The van der Waals surface area contributed by atoms with E-state index in [-0.39, 0.29) is 12.2 Å². The molecule has 166 valence electrons. The van der Waals surface area contributed by atoms with Gasteiger partial charge in [-0.1, -0.05) is 30.3 Å². The van der Waals surface area contributed by atoms with E-state index in [0.29, 0.717) is 13.0 Å². The molecule has 0 unspecified atom stereocenters. The zero-order chi connectivity index (χ0) is 21.9. The number of hydrogen-bond donors (Lipinski definition) is 1. The van der Waals surface area contributed by atoms with Gasteiger partial charge in [0.05, 0.1) is 0 Å². The van der Waals surface area contributed by atoms with Gasteiger partial charge in [0.15, 0.2) is 0 Å². The molecule has 3 heterocycles. The summed E-state index contributed by atoms with van der Waals surface area (Å²) in [4.78, 5) is 26.8. The van der Waals surface area contributed by atoms with Crippen LogP contribution in [-0.4, -0.2) is 25.7 Å². The maximum absolute atomic E-state index is 12.3. The molecular formula is C26H28N2O4. The van der Waals surface area contributed by atoms with Crippen LogP contribution in [0.2, 0.25) is 0 Å². The Balaban J connectivity index is 1.27. The second kappa shape index (κ2) is 9.07. The van der Waals surface area contributed by atoms with Crippen molar-refractivity contribution in [3.63, 3.8) is 0 Å². The SMILES string of the molecule is O=C(NCCCc1cc(=O)oc2c3c4c(cc12)CCCN4CCC3)OCc1ccccc1. The van der Waals surface area contributed by atoms with Crippen LogP contribution in [0.4, 0.5) is 10.5 Å². The number of carbonyl (C=O) groups excluding carboxylic acids is 1. The van der Waals surface area contributed by atoms with E-state index in [1.165, 1.54) is 23.2 Å². The van der Waals surface area contributed by atoms with E-state index in [2.05, 4.69) is 16.3 Å². The van der Waals surface area contributed by atoms with Crippen LogP contribution in [-0.2, 0) is 30.6 Å². The van der Waals surface area contributed by atoms with Crippen LogP contribution in [0, 0.1) is 0 Å². The number of aryl methyl sites for hydroxylation is 3. The van der Waals surface area contributed by atoms with Crippen molar-refractivity contribution < 1.29 is 13.9 Å². The largest absolute Gasteiger partial charge is 0.445 e. The monoisotopic (exact) mass is 432 g/mol. The van der Waals surface area contributed by atoms with Crippen molar-refractivity contribution in [2.45, 2.75) is 45.1 Å². The van der Waals surface area contributed by atoms with Gasteiger partial charge in [0.25, 0.3) is 0 Å². The van der Waals surface area contributed by atoms with Crippen LogP contribution in [0.1, 0.15) is 41.5 Å². The number of benzene rings is 2. The molecule has 5 rings (SSSR count). The molecule has 0 fully saturated rings. The highest BCUT2D eigenvalue weighted by Crippen LogP contribution is 2.40. The first kappa shape index (κ1) is 20.6. The van der Waals surface area contributed by atoms with E-state index in [4.69, 9.17) is 9.15 Å². The maximum atomic E-state index is 12.3. The average molecular weight is 433 g/mol. The molecule has 0 bridgehead atoms. The maximum Gasteiger partial charge on any atom is 0.407 e. The first-order chi connectivity index (χ1) is 15.7. The number of nitrogens with one attached hydrogen (secondary N) is 1. The molecule has 1 aromatic heterocycles. The number of amides is 1. The third-order valence-corrected chi connectivity index (χ3v) is 6.42. The van der Waals surface area contributed by atoms with Crippen LogP contribution in [0.5, 0.6) is 0 Å². The summed E-state index contributed by atoms with van der Waals surface area (Å²) in [6.07, 6.45) is 5.28. The van der Waals surface area contributed by atoms with Crippen molar-refractivity contribution >= 4 is 22.7 Å². The van der Waals surface area contributed by atoms with E-state index in [1.807, 2.05) is 30.3 Å². The highest BCUT2D eigenvalue weighted by molar-refractivity contribution is 5.90. The summed E-state index contributed by atoms with van der Waals surface area (Å²) >= 11 is 0. The summed E-state index contributed by atoms with van der Waals surface area (Å²) in [5, 5.41) is 3.85. The summed E-state index contributed by atoms with van der Waals surface area (Å²) < 4.78 is 11.0. The van der Waals surface area contributed by atoms with Gasteiger partial charge in [0, 0.05) is 42.3 Å². The van der Waals surface area contributed by atoms with Crippen molar-refractivity contribution in [3.05, 3.63) is 75.1 Å². The molecule has 6 nitrogen and oxygen atoms in total. The molecule has 0 aliphatic carbocycles. The lowest BCUT2D eigenvalue weighted by Crippen LogP contribution is -2.34. The molecule has 1 amide bonds. The summed E-state index contributed by atoms with van der Waals surface area (Å²) in [5.41, 5.74) is 6.28. The number of carbonyl (C=O) groups is 1. The Labute approximate surface area is 187 Å². The average Bonchev–Trinajstić information content (AvgIpc) is 2.82.